The Morgan fingerprint density at radius 3 is 2.29 bits per heavy atom. The lowest BCUT2D eigenvalue weighted by Gasteiger charge is -2.37. The first kappa shape index (κ1) is 31.0. The second-order valence-electron chi connectivity index (χ2n) is 12.3. The van der Waals surface area contributed by atoms with Crippen LogP contribution in [0.4, 0.5) is 13.6 Å². The molecule has 41 heavy (non-hydrogen) atoms. The van der Waals surface area contributed by atoms with E-state index in [4.69, 9.17) is 28.9 Å². The van der Waals surface area contributed by atoms with Crippen LogP contribution in [0.1, 0.15) is 69.9 Å². The molecule has 4 atom stereocenters. The van der Waals surface area contributed by atoms with Crippen LogP contribution in [0.15, 0.2) is 36.4 Å². The van der Waals surface area contributed by atoms with Gasteiger partial charge in [0, 0.05) is 34.6 Å². The molecule has 1 aliphatic heterocycles. The number of halogens is 4. The number of carbonyl (C=O) groups is 2. The number of rotatable bonds is 6. The quantitative estimate of drug-likeness (QED) is 0.338. The molecule has 220 valence electrons. The van der Waals surface area contributed by atoms with Gasteiger partial charge in [0.2, 0.25) is 5.91 Å². The van der Waals surface area contributed by atoms with Crippen molar-refractivity contribution in [1.82, 2.24) is 16.0 Å². The number of nitrogens with zero attached hydrogens (tertiary/aromatic N) is 1. The number of nitriles is 1. The minimum Gasteiger partial charge on any atom is -0.352 e. The van der Waals surface area contributed by atoms with Crippen LogP contribution in [0.3, 0.4) is 0 Å². The van der Waals surface area contributed by atoms with Gasteiger partial charge in [-0.25, -0.2) is 13.6 Å². The fourth-order valence-electron chi connectivity index (χ4n) is 6.43. The number of urea groups is 1. The zero-order chi connectivity index (χ0) is 30.1. The Labute approximate surface area is 249 Å². The van der Waals surface area contributed by atoms with Gasteiger partial charge in [0.05, 0.1) is 17.1 Å². The minimum atomic E-state index is -1.68. The predicted octanol–water partition coefficient (Wildman–Crippen LogP) is 5.69. The first-order chi connectivity index (χ1) is 19.3. The molecule has 0 spiro atoms. The molecule has 1 saturated heterocycles. The van der Waals surface area contributed by atoms with E-state index in [9.17, 15) is 14.9 Å². The highest BCUT2D eigenvalue weighted by Crippen LogP contribution is 2.52. The predicted molar refractivity (Wildman–Crippen MR) is 155 cm³/mol. The second kappa shape index (κ2) is 12.1. The number of nitrogens with two attached hydrogens (primary N) is 1. The summed E-state index contributed by atoms with van der Waals surface area (Å²) in [6.07, 6.45) is 2.83. The lowest BCUT2D eigenvalue weighted by Crippen LogP contribution is -2.51. The summed E-state index contributed by atoms with van der Waals surface area (Å²) >= 11 is 12.3. The van der Waals surface area contributed by atoms with E-state index in [1.165, 1.54) is 24.3 Å². The summed E-state index contributed by atoms with van der Waals surface area (Å²) in [5.41, 5.74) is 3.31. The van der Waals surface area contributed by atoms with Crippen LogP contribution in [0, 0.1) is 28.4 Å². The van der Waals surface area contributed by atoms with E-state index in [1.54, 1.807) is 6.07 Å². The molecule has 0 radical (unpaired) electrons. The zero-order valence-electron chi connectivity index (χ0n) is 23.2. The highest BCUT2D eigenvalue weighted by atomic mass is 35.5. The first-order valence-corrected chi connectivity index (χ1v) is 14.5. The lowest BCUT2D eigenvalue weighted by molar-refractivity contribution is -0.124. The Morgan fingerprint density at radius 1 is 1.10 bits per heavy atom. The van der Waals surface area contributed by atoms with Gasteiger partial charge in [-0.15, -0.1) is 0 Å². The molecule has 4 rings (SSSR count). The van der Waals surface area contributed by atoms with Crippen LogP contribution in [-0.2, 0) is 10.2 Å². The maximum atomic E-state index is 15.8. The summed E-state index contributed by atoms with van der Waals surface area (Å²) in [7, 11) is 0. The molecule has 0 aromatic heterocycles. The molecule has 1 aliphatic carbocycles. The van der Waals surface area contributed by atoms with Gasteiger partial charge in [-0.3, -0.25) is 4.79 Å². The van der Waals surface area contributed by atoms with E-state index >= 15 is 8.78 Å². The van der Waals surface area contributed by atoms with Crippen molar-refractivity contribution >= 4 is 35.1 Å². The van der Waals surface area contributed by atoms with E-state index in [0.29, 0.717) is 32.1 Å². The number of benzene rings is 2. The maximum absolute atomic E-state index is 15.8. The second-order valence-corrected chi connectivity index (χ2v) is 13.1. The molecule has 2 aromatic carbocycles. The lowest BCUT2D eigenvalue weighted by atomic mass is 9.62. The molecule has 0 unspecified atom stereocenters. The maximum Gasteiger partial charge on any atom is 0.312 e. The summed E-state index contributed by atoms with van der Waals surface area (Å²) in [6, 6.07) is 8.18. The average molecular weight is 607 g/mol. The van der Waals surface area contributed by atoms with Crippen LogP contribution in [0.2, 0.25) is 10.0 Å². The van der Waals surface area contributed by atoms with Gasteiger partial charge in [0.25, 0.3) is 0 Å². The van der Waals surface area contributed by atoms with Crippen molar-refractivity contribution in [2.24, 2.45) is 11.1 Å². The van der Waals surface area contributed by atoms with Crippen molar-refractivity contribution in [3.8, 4) is 6.07 Å². The van der Waals surface area contributed by atoms with Gasteiger partial charge in [-0.1, -0.05) is 62.2 Å². The van der Waals surface area contributed by atoms with Crippen molar-refractivity contribution in [2.75, 3.05) is 0 Å². The molecule has 2 fully saturated rings. The summed E-state index contributed by atoms with van der Waals surface area (Å²) in [5.74, 6) is -3.02. The zero-order valence-corrected chi connectivity index (χ0v) is 24.8. The van der Waals surface area contributed by atoms with Gasteiger partial charge in [0.15, 0.2) is 0 Å². The van der Waals surface area contributed by atoms with Crippen LogP contribution in [0.5, 0.6) is 0 Å². The number of hydrogen-bond donors (Lipinski definition) is 4. The molecule has 1 saturated carbocycles. The SMILES string of the molecule is CC(C)(C)C[C@@H]1N[C@@H](C(=O)NC2CCC(NC(N)=O)CC2)[C@H](c2cccc(Cl)c2F)[C@@]1(C#N)c1ccc(Cl)cc1F. The summed E-state index contributed by atoms with van der Waals surface area (Å²) in [5, 5.41) is 20.0. The smallest absolute Gasteiger partial charge is 0.312 e. The Kier molecular flexibility index (Phi) is 9.17. The normalized spacial score (nSPS) is 28.1. The molecule has 2 aromatic rings. The van der Waals surface area contributed by atoms with Gasteiger partial charge >= 0.3 is 6.03 Å². The highest BCUT2D eigenvalue weighted by molar-refractivity contribution is 6.31. The molecule has 11 heteroatoms. The monoisotopic (exact) mass is 605 g/mol. The largest absolute Gasteiger partial charge is 0.352 e. The Hall–Kier alpha value is -2.93. The third kappa shape index (κ3) is 6.45. The molecule has 0 bridgehead atoms. The van der Waals surface area contributed by atoms with Crippen molar-refractivity contribution < 1.29 is 18.4 Å². The number of carbonyl (C=O) groups excluding carboxylic acids is 2. The van der Waals surface area contributed by atoms with E-state index in [1.807, 2.05) is 20.8 Å². The number of nitrogens with one attached hydrogen (secondary N) is 3. The molecule has 2 aliphatic rings. The van der Waals surface area contributed by atoms with E-state index in [-0.39, 0.29) is 38.7 Å². The number of primary amides is 1. The van der Waals surface area contributed by atoms with Crippen molar-refractivity contribution in [2.45, 2.75) is 88.4 Å². The fraction of sp³-hybridized carbons (Fsp3) is 0.500. The molecule has 3 amide bonds. The summed E-state index contributed by atoms with van der Waals surface area (Å²) < 4.78 is 31.5. The Bertz CT molecular complexity index is 1350. The standard InChI is InChI=1S/C30H35Cl2F2N5O2/c1-29(2,3)14-23-30(15-35,20-12-7-16(31)13-22(20)33)24(19-5-4-6-21(32)25(19)34)26(39-23)27(40)37-17-8-10-18(11-9-17)38-28(36)41/h4-7,12-13,17-18,23-24,26,39H,8-11,14H2,1-3H3,(H,37,40)(H3,36,38,41)/t17?,18?,23-,24-,26+,30-/m0/s1. The topological polar surface area (TPSA) is 120 Å². The molecule has 5 N–H and O–H groups in total. The molecular formula is C30H35Cl2F2N5O2. The third-order valence-electron chi connectivity index (χ3n) is 8.15. The van der Waals surface area contributed by atoms with Gasteiger partial charge in [-0.05, 0) is 61.3 Å². The molecular weight excluding hydrogens is 571 g/mol. The van der Waals surface area contributed by atoms with Crippen LogP contribution in [0.25, 0.3) is 0 Å². The first-order valence-electron chi connectivity index (χ1n) is 13.7. The van der Waals surface area contributed by atoms with E-state index < -0.39 is 47.0 Å². The molecule has 1 heterocycles. The molecule has 7 nitrogen and oxygen atoms in total. The van der Waals surface area contributed by atoms with Gasteiger partial charge in [-0.2, -0.15) is 5.26 Å². The van der Waals surface area contributed by atoms with Gasteiger partial charge < -0.3 is 21.7 Å². The van der Waals surface area contributed by atoms with Crippen LogP contribution in [-0.4, -0.2) is 36.1 Å². The third-order valence-corrected chi connectivity index (χ3v) is 8.68. The number of hydrogen-bond acceptors (Lipinski definition) is 4. The van der Waals surface area contributed by atoms with Crippen LogP contribution < -0.4 is 21.7 Å². The van der Waals surface area contributed by atoms with Crippen LogP contribution >= 0.6 is 23.2 Å². The summed E-state index contributed by atoms with van der Waals surface area (Å²) in [6.45, 7) is 5.95. The van der Waals surface area contributed by atoms with Gasteiger partial charge in [0.1, 0.15) is 17.0 Å². The average Bonchev–Trinajstić information content (AvgIpc) is 3.19. The highest BCUT2D eigenvalue weighted by Gasteiger charge is 2.61. The summed E-state index contributed by atoms with van der Waals surface area (Å²) in [4.78, 5) is 25.2. The fourth-order valence-corrected chi connectivity index (χ4v) is 6.77. The van der Waals surface area contributed by atoms with Crippen molar-refractivity contribution in [3.05, 3.63) is 69.2 Å². The van der Waals surface area contributed by atoms with Crippen molar-refractivity contribution in [3.63, 3.8) is 0 Å². The van der Waals surface area contributed by atoms with E-state index in [0.717, 1.165) is 6.07 Å². The minimum absolute atomic E-state index is 0.0314. The Morgan fingerprint density at radius 2 is 1.73 bits per heavy atom. The number of amides is 3. The van der Waals surface area contributed by atoms with E-state index in [2.05, 4.69) is 22.0 Å². The van der Waals surface area contributed by atoms with Crippen molar-refractivity contribution in [1.29, 1.82) is 5.26 Å². The Balaban J connectivity index is 1.80.